The SMILES string of the molecule is CCOCCCNC(=O)C(C)Sc1nc2cc(Cl)ccc2s1. The normalized spacial score (nSPS) is 12.5. The highest BCUT2D eigenvalue weighted by molar-refractivity contribution is 8.02. The number of nitrogens with zero attached hydrogens (tertiary/aromatic N) is 1. The first kappa shape index (κ1) is 17.5. The lowest BCUT2D eigenvalue weighted by Gasteiger charge is -2.10. The third-order valence-corrected chi connectivity index (χ3v) is 5.41. The summed E-state index contributed by atoms with van der Waals surface area (Å²) in [6, 6.07) is 5.65. The molecule has 0 bridgehead atoms. The standard InChI is InChI=1S/C15H19ClN2O2S2/c1-3-20-8-4-7-17-14(19)10(2)21-15-18-12-9-11(16)5-6-13(12)22-15/h5-6,9-10H,3-4,7-8H2,1-2H3,(H,17,19). The topological polar surface area (TPSA) is 51.2 Å². The highest BCUT2D eigenvalue weighted by atomic mass is 35.5. The van der Waals surface area contributed by atoms with Gasteiger partial charge in [-0.25, -0.2) is 4.98 Å². The van der Waals surface area contributed by atoms with Crippen LogP contribution in [0.15, 0.2) is 22.5 Å². The van der Waals surface area contributed by atoms with Crippen LogP contribution in [0.4, 0.5) is 0 Å². The molecule has 0 spiro atoms. The second-order valence-electron chi connectivity index (χ2n) is 4.69. The Morgan fingerprint density at radius 2 is 2.36 bits per heavy atom. The largest absolute Gasteiger partial charge is 0.382 e. The molecule has 1 unspecified atom stereocenters. The zero-order chi connectivity index (χ0) is 15.9. The van der Waals surface area contributed by atoms with Gasteiger partial charge in [0.1, 0.15) is 0 Å². The number of nitrogens with one attached hydrogen (secondary N) is 1. The summed E-state index contributed by atoms with van der Waals surface area (Å²) in [5, 5.41) is 3.42. The number of fused-ring (bicyclic) bond motifs is 1. The van der Waals surface area contributed by atoms with Crippen molar-refractivity contribution in [2.24, 2.45) is 0 Å². The molecule has 0 saturated heterocycles. The van der Waals surface area contributed by atoms with Crippen molar-refractivity contribution in [3.05, 3.63) is 23.2 Å². The second-order valence-corrected chi connectivity index (χ2v) is 7.75. The summed E-state index contributed by atoms with van der Waals surface area (Å²) in [4.78, 5) is 16.5. The lowest BCUT2D eigenvalue weighted by molar-refractivity contribution is -0.120. The van der Waals surface area contributed by atoms with Gasteiger partial charge in [0.25, 0.3) is 0 Å². The molecule has 2 aromatic rings. The molecule has 1 aromatic heterocycles. The summed E-state index contributed by atoms with van der Waals surface area (Å²) in [5.41, 5.74) is 0.879. The van der Waals surface area contributed by atoms with E-state index in [9.17, 15) is 4.79 Å². The van der Waals surface area contributed by atoms with Crippen molar-refractivity contribution >= 4 is 50.8 Å². The molecule has 120 valence electrons. The fourth-order valence-electron chi connectivity index (χ4n) is 1.81. The van der Waals surface area contributed by atoms with E-state index in [1.165, 1.54) is 11.8 Å². The van der Waals surface area contributed by atoms with Crippen LogP contribution in [0.2, 0.25) is 5.02 Å². The minimum atomic E-state index is -0.178. The highest BCUT2D eigenvalue weighted by Crippen LogP contribution is 2.33. The molecule has 22 heavy (non-hydrogen) atoms. The first-order valence-corrected chi connectivity index (χ1v) is 9.25. The number of thiazole rings is 1. The predicted molar refractivity (Wildman–Crippen MR) is 94.1 cm³/mol. The van der Waals surface area contributed by atoms with Gasteiger partial charge in [-0.2, -0.15) is 0 Å². The average Bonchev–Trinajstić information content (AvgIpc) is 2.88. The molecule has 0 fully saturated rings. The number of hydrogen-bond acceptors (Lipinski definition) is 5. The van der Waals surface area contributed by atoms with Crippen LogP contribution >= 0.6 is 34.7 Å². The summed E-state index contributed by atoms with van der Waals surface area (Å²) in [6.07, 6.45) is 0.830. The van der Waals surface area contributed by atoms with Crippen molar-refractivity contribution in [2.45, 2.75) is 29.9 Å². The Balaban J connectivity index is 1.84. The van der Waals surface area contributed by atoms with Crippen LogP contribution in [-0.4, -0.2) is 35.9 Å². The van der Waals surface area contributed by atoms with Crippen LogP contribution in [0.5, 0.6) is 0 Å². The molecule has 1 N–H and O–H groups in total. The Morgan fingerprint density at radius 1 is 1.55 bits per heavy atom. The minimum Gasteiger partial charge on any atom is -0.382 e. The fourth-order valence-corrected chi connectivity index (χ4v) is 4.19. The number of carbonyl (C=O) groups excluding carboxylic acids is 1. The van der Waals surface area contributed by atoms with Gasteiger partial charge in [-0.15, -0.1) is 11.3 Å². The molecular weight excluding hydrogens is 340 g/mol. The number of halogens is 1. The van der Waals surface area contributed by atoms with Gasteiger partial charge in [0.05, 0.1) is 15.5 Å². The van der Waals surface area contributed by atoms with Crippen molar-refractivity contribution < 1.29 is 9.53 Å². The number of amides is 1. The van der Waals surface area contributed by atoms with E-state index in [0.29, 0.717) is 24.8 Å². The Hall–Kier alpha value is -0.820. The minimum absolute atomic E-state index is 0.0267. The zero-order valence-corrected chi connectivity index (χ0v) is 15.0. The maximum absolute atomic E-state index is 12.0. The third kappa shape index (κ3) is 5.12. The lowest BCUT2D eigenvalue weighted by atomic mass is 10.3. The lowest BCUT2D eigenvalue weighted by Crippen LogP contribution is -2.32. The van der Waals surface area contributed by atoms with E-state index >= 15 is 0 Å². The molecule has 0 aliphatic carbocycles. The Bertz CT molecular complexity index is 633. The van der Waals surface area contributed by atoms with E-state index in [1.807, 2.05) is 32.0 Å². The smallest absolute Gasteiger partial charge is 0.233 e. The number of carbonyl (C=O) groups is 1. The van der Waals surface area contributed by atoms with Gasteiger partial charge in [0.2, 0.25) is 5.91 Å². The monoisotopic (exact) mass is 358 g/mol. The van der Waals surface area contributed by atoms with Crippen LogP contribution in [0.3, 0.4) is 0 Å². The summed E-state index contributed by atoms with van der Waals surface area (Å²) < 4.78 is 7.20. The van der Waals surface area contributed by atoms with Crippen LogP contribution in [0.1, 0.15) is 20.3 Å². The number of thioether (sulfide) groups is 1. The average molecular weight is 359 g/mol. The Kier molecular flexibility index (Phi) is 6.95. The van der Waals surface area contributed by atoms with Gasteiger partial charge in [-0.3, -0.25) is 4.79 Å². The summed E-state index contributed by atoms with van der Waals surface area (Å²) >= 11 is 9.01. The van der Waals surface area contributed by atoms with Crippen molar-refractivity contribution in [3.8, 4) is 0 Å². The van der Waals surface area contributed by atoms with E-state index < -0.39 is 0 Å². The quantitative estimate of drug-likeness (QED) is 0.573. The molecule has 0 aliphatic heterocycles. The van der Waals surface area contributed by atoms with E-state index in [2.05, 4.69) is 10.3 Å². The third-order valence-electron chi connectivity index (χ3n) is 2.95. The summed E-state index contributed by atoms with van der Waals surface area (Å²) in [6.45, 7) is 5.88. The van der Waals surface area contributed by atoms with Gasteiger partial charge in [-0.1, -0.05) is 23.4 Å². The molecule has 0 saturated carbocycles. The number of hydrogen-bond donors (Lipinski definition) is 1. The maximum Gasteiger partial charge on any atom is 0.233 e. The van der Waals surface area contributed by atoms with Gasteiger partial charge >= 0.3 is 0 Å². The molecule has 4 nitrogen and oxygen atoms in total. The number of benzene rings is 1. The predicted octanol–water partition coefficient (Wildman–Crippen LogP) is 3.97. The van der Waals surface area contributed by atoms with Gasteiger partial charge in [-0.05, 0) is 38.5 Å². The van der Waals surface area contributed by atoms with Crippen LogP contribution in [0, 0.1) is 0 Å². The van der Waals surface area contributed by atoms with Crippen molar-refractivity contribution in [1.29, 1.82) is 0 Å². The van der Waals surface area contributed by atoms with E-state index in [4.69, 9.17) is 16.3 Å². The number of ether oxygens (including phenoxy) is 1. The molecule has 1 heterocycles. The first-order chi connectivity index (χ1) is 10.6. The van der Waals surface area contributed by atoms with Crippen LogP contribution in [-0.2, 0) is 9.53 Å². The first-order valence-electron chi connectivity index (χ1n) is 7.18. The molecule has 1 aromatic carbocycles. The summed E-state index contributed by atoms with van der Waals surface area (Å²) in [7, 11) is 0. The zero-order valence-electron chi connectivity index (χ0n) is 12.6. The Morgan fingerprint density at radius 3 is 3.14 bits per heavy atom. The van der Waals surface area contributed by atoms with Crippen molar-refractivity contribution in [1.82, 2.24) is 10.3 Å². The molecular formula is C15H19ClN2O2S2. The Labute approximate surface area is 143 Å². The van der Waals surface area contributed by atoms with Crippen LogP contribution in [0.25, 0.3) is 10.2 Å². The van der Waals surface area contributed by atoms with Gasteiger partial charge in [0, 0.05) is 24.8 Å². The van der Waals surface area contributed by atoms with Crippen molar-refractivity contribution in [3.63, 3.8) is 0 Å². The molecule has 0 aliphatic rings. The van der Waals surface area contributed by atoms with Crippen molar-refractivity contribution in [2.75, 3.05) is 19.8 Å². The molecule has 7 heteroatoms. The molecule has 1 amide bonds. The number of rotatable bonds is 8. The highest BCUT2D eigenvalue weighted by Gasteiger charge is 2.16. The second kappa shape index (κ2) is 8.72. The molecule has 2 rings (SSSR count). The molecule has 1 atom stereocenters. The van der Waals surface area contributed by atoms with Crippen LogP contribution < -0.4 is 5.32 Å². The van der Waals surface area contributed by atoms with E-state index in [1.54, 1.807) is 11.3 Å². The summed E-state index contributed by atoms with van der Waals surface area (Å²) in [5.74, 6) is 0.0267. The maximum atomic E-state index is 12.0. The number of aromatic nitrogens is 1. The van der Waals surface area contributed by atoms with Gasteiger partial charge in [0.15, 0.2) is 4.34 Å². The van der Waals surface area contributed by atoms with Gasteiger partial charge < -0.3 is 10.1 Å². The molecule has 0 radical (unpaired) electrons. The van der Waals surface area contributed by atoms with E-state index in [0.717, 1.165) is 21.0 Å². The van der Waals surface area contributed by atoms with E-state index in [-0.39, 0.29) is 11.2 Å². The fraction of sp³-hybridized carbons (Fsp3) is 0.467.